The van der Waals surface area contributed by atoms with Gasteiger partial charge in [-0.2, -0.15) is 0 Å². The molecule has 1 fully saturated rings. The molecule has 0 atom stereocenters. The van der Waals surface area contributed by atoms with E-state index in [-0.39, 0.29) is 11.3 Å². The van der Waals surface area contributed by atoms with E-state index in [1.165, 1.54) is 12.8 Å². The summed E-state index contributed by atoms with van der Waals surface area (Å²) in [6.07, 6.45) is 5.13. The topological polar surface area (TPSA) is 57.8 Å². The fraction of sp³-hybridized carbons (Fsp3) is 0.500. The summed E-state index contributed by atoms with van der Waals surface area (Å²) in [4.78, 5) is 20.0. The highest BCUT2D eigenvalue weighted by Gasteiger charge is 2.35. The Balaban J connectivity index is 1.56. The van der Waals surface area contributed by atoms with Crippen LogP contribution < -0.4 is 5.32 Å². The molecule has 1 aliphatic carbocycles. The third-order valence-electron chi connectivity index (χ3n) is 4.34. The van der Waals surface area contributed by atoms with Gasteiger partial charge in [0.05, 0.1) is 11.0 Å². The fourth-order valence-corrected chi connectivity index (χ4v) is 3.01. The molecule has 0 spiro atoms. The van der Waals surface area contributed by atoms with Crippen LogP contribution in [0.15, 0.2) is 24.3 Å². The molecular weight excluding hydrogens is 250 g/mol. The van der Waals surface area contributed by atoms with Gasteiger partial charge in [-0.05, 0) is 25.0 Å². The monoisotopic (exact) mass is 271 g/mol. The minimum Gasteiger partial charge on any atom is -0.355 e. The van der Waals surface area contributed by atoms with Crippen LogP contribution in [0.3, 0.4) is 0 Å². The van der Waals surface area contributed by atoms with Crippen molar-refractivity contribution in [3.05, 3.63) is 30.1 Å². The number of amides is 1. The fourth-order valence-electron chi connectivity index (χ4n) is 3.01. The van der Waals surface area contributed by atoms with Crippen LogP contribution >= 0.6 is 0 Å². The molecule has 1 saturated carbocycles. The number of imidazole rings is 1. The van der Waals surface area contributed by atoms with Crippen LogP contribution in [0.5, 0.6) is 0 Å². The first-order valence-corrected chi connectivity index (χ1v) is 7.39. The van der Waals surface area contributed by atoms with Gasteiger partial charge >= 0.3 is 0 Å². The first-order valence-electron chi connectivity index (χ1n) is 7.39. The molecule has 1 amide bonds. The van der Waals surface area contributed by atoms with E-state index in [1.807, 2.05) is 24.3 Å². The Bertz CT molecular complexity index is 578. The van der Waals surface area contributed by atoms with Crippen molar-refractivity contribution in [2.75, 3.05) is 6.54 Å². The third-order valence-corrected chi connectivity index (χ3v) is 4.34. The summed E-state index contributed by atoms with van der Waals surface area (Å²) in [5.41, 5.74) is 1.89. The molecule has 2 aromatic rings. The molecule has 1 heterocycles. The molecule has 106 valence electrons. The van der Waals surface area contributed by atoms with Gasteiger partial charge in [-0.15, -0.1) is 0 Å². The van der Waals surface area contributed by atoms with Crippen molar-refractivity contribution in [2.24, 2.45) is 5.41 Å². The number of nitrogens with zero attached hydrogens (tertiary/aromatic N) is 1. The number of fused-ring (bicyclic) bond motifs is 1. The molecular formula is C16H21N3O. The zero-order chi connectivity index (χ0) is 14.0. The van der Waals surface area contributed by atoms with Gasteiger partial charge in [0.25, 0.3) is 0 Å². The van der Waals surface area contributed by atoms with E-state index in [9.17, 15) is 4.79 Å². The van der Waals surface area contributed by atoms with Gasteiger partial charge in [0.15, 0.2) is 0 Å². The number of hydrogen-bond acceptors (Lipinski definition) is 2. The molecule has 20 heavy (non-hydrogen) atoms. The number of carbonyl (C=O) groups is 1. The number of H-pyrrole nitrogens is 1. The number of aromatic amines is 1. The van der Waals surface area contributed by atoms with Crippen molar-refractivity contribution in [1.29, 1.82) is 0 Å². The maximum absolute atomic E-state index is 12.2. The van der Waals surface area contributed by atoms with E-state index >= 15 is 0 Å². The average molecular weight is 271 g/mol. The van der Waals surface area contributed by atoms with Crippen LogP contribution in [0.4, 0.5) is 0 Å². The maximum atomic E-state index is 12.2. The van der Waals surface area contributed by atoms with Crippen molar-refractivity contribution >= 4 is 16.9 Å². The van der Waals surface area contributed by atoms with Gasteiger partial charge in [-0.25, -0.2) is 4.98 Å². The van der Waals surface area contributed by atoms with Crippen molar-refractivity contribution in [3.8, 4) is 0 Å². The Morgan fingerprint density at radius 2 is 2.10 bits per heavy atom. The maximum Gasteiger partial charge on any atom is 0.225 e. The Morgan fingerprint density at radius 3 is 2.85 bits per heavy atom. The molecule has 4 nitrogen and oxygen atoms in total. The van der Waals surface area contributed by atoms with Crippen LogP contribution in [0, 0.1) is 5.41 Å². The molecule has 1 aliphatic rings. The standard InChI is InChI=1S/C16H21N3O/c1-16(9-4-5-10-16)15(20)17-11-8-14-18-12-6-2-3-7-13(12)19-14/h2-3,6-7H,4-5,8-11H2,1H3,(H,17,20)(H,18,19). The Morgan fingerprint density at radius 1 is 1.35 bits per heavy atom. The summed E-state index contributed by atoms with van der Waals surface area (Å²) in [6, 6.07) is 7.99. The summed E-state index contributed by atoms with van der Waals surface area (Å²) in [5.74, 6) is 1.13. The third kappa shape index (κ3) is 2.55. The highest BCUT2D eigenvalue weighted by molar-refractivity contribution is 5.82. The molecule has 1 aromatic heterocycles. The lowest BCUT2D eigenvalue weighted by atomic mass is 9.88. The first-order chi connectivity index (χ1) is 9.67. The molecule has 4 heteroatoms. The van der Waals surface area contributed by atoms with Crippen molar-refractivity contribution in [3.63, 3.8) is 0 Å². The van der Waals surface area contributed by atoms with Crippen molar-refractivity contribution < 1.29 is 4.79 Å². The number of para-hydroxylation sites is 2. The van der Waals surface area contributed by atoms with E-state index < -0.39 is 0 Å². The van der Waals surface area contributed by atoms with Crippen molar-refractivity contribution in [1.82, 2.24) is 15.3 Å². The smallest absolute Gasteiger partial charge is 0.225 e. The molecule has 0 aliphatic heterocycles. The number of nitrogens with one attached hydrogen (secondary N) is 2. The lowest BCUT2D eigenvalue weighted by Gasteiger charge is -2.21. The summed E-state index contributed by atoms with van der Waals surface area (Å²) >= 11 is 0. The van der Waals surface area contributed by atoms with E-state index in [0.717, 1.165) is 36.1 Å². The number of benzene rings is 1. The number of aromatic nitrogens is 2. The van der Waals surface area contributed by atoms with Gasteiger partial charge in [-0.1, -0.05) is 31.9 Å². The van der Waals surface area contributed by atoms with Crippen LogP contribution in [0.25, 0.3) is 11.0 Å². The summed E-state index contributed by atoms with van der Waals surface area (Å²) < 4.78 is 0. The lowest BCUT2D eigenvalue weighted by Crippen LogP contribution is -2.38. The Hall–Kier alpha value is -1.84. The van der Waals surface area contributed by atoms with E-state index in [1.54, 1.807) is 0 Å². The molecule has 0 bridgehead atoms. The van der Waals surface area contributed by atoms with Crippen LogP contribution in [-0.4, -0.2) is 22.4 Å². The van der Waals surface area contributed by atoms with Crippen LogP contribution in [0.2, 0.25) is 0 Å². The van der Waals surface area contributed by atoms with Gasteiger partial charge in [0, 0.05) is 18.4 Å². The van der Waals surface area contributed by atoms with E-state index in [4.69, 9.17) is 0 Å². The van der Waals surface area contributed by atoms with E-state index in [0.29, 0.717) is 6.54 Å². The summed E-state index contributed by atoms with van der Waals surface area (Å²) in [7, 11) is 0. The van der Waals surface area contributed by atoms with Crippen molar-refractivity contribution in [2.45, 2.75) is 39.0 Å². The first kappa shape index (κ1) is 13.2. The second-order valence-electron chi connectivity index (χ2n) is 5.97. The molecule has 2 N–H and O–H groups in total. The molecule has 1 aromatic carbocycles. The Kier molecular flexibility index (Phi) is 3.47. The predicted molar refractivity (Wildman–Crippen MR) is 79.4 cm³/mol. The largest absolute Gasteiger partial charge is 0.355 e. The second-order valence-corrected chi connectivity index (χ2v) is 5.97. The molecule has 0 radical (unpaired) electrons. The molecule has 0 saturated heterocycles. The van der Waals surface area contributed by atoms with Gasteiger partial charge < -0.3 is 10.3 Å². The second kappa shape index (κ2) is 5.27. The summed E-state index contributed by atoms with van der Waals surface area (Å²) in [5, 5.41) is 3.06. The number of carbonyl (C=O) groups excluding carboxylic acids is 1. The number of rotatable bonds is 4. The number of hydrogen-bond donors (Lipinski definition) is 2. The Labute approximate surface area is 119 Å². The quantitative estimate of drug-likeness (QED) is 0.898. The normalized spacial score (nSPS) is 17.4. The minimum absolute atomic E-state index is 0.145. The SMILES string of the molecule is CC1(C(=O)NCCc2nc3ccccc3[nH]2)CCCC1. The summed E-state index contributed by atoms with van der Waals surface area (Å²) in [6.45, 7) is 2.73. The highest BCUT2D eigenvalue weighted by atomic mass is 16.2. The lowest BCUT2D eigenvalue weighted by molar-refractivity contribution is -0.129. The van der Waals surface area contributed by atoms with Crippen LogP contribution in [-0.2, 0) is 11.2 Å². The van der Waals surface area contributed by atoms with Gasteiger partial charge in [-0.3, -0.25) is 4.79 Å². The molecule has 0 unspecified atom stereocenters. The van der Waals surface area contributed by atoms with Gasteiger partial charge in [0.1, 0.15) is 5.82 Å². The predicted octanol–water partition coefficient (Wildman–Crippen LogP) is 2.80. The average Bonchev–Trinajstić information content (AvgIpc) is 3.05. The van der Waals surface area contributed by atoms with Gasteiger partial charge in [0.2, 0.25) is 5.91 Å². The van der Waals surface area contributed by atoms with E-state index in [2.05, 4.69) is 22.2 Å². The zero-order valence-electron chi connectivity index (χ0n) is 11.9. The van der Waals surface area contributed by atoms with Crippen LogP contribution in [0.1, 0.15) is 38.4 Å². The molecule has 3 rings (SSSR count). The minimum atomic E-state index is -0.145. The highest BCUT2D eigenvalue weighted by Crippen LogP contribution is 2.37. The zero-order valence-corrected chi connectivity index (χ0v) is 11.9.